The molecule has 0 radical (unpaired) electrons. The van der Waals surface area contributed by atoms with Crippen LogP contribution in [0.15, 0.2) is 18.2 Å². The van der Waals surface area contributed by atoms with Crippen LogP contribution in [0.2, 0.25) is 0 Å². The average Bonchev–Trinajstić information content (AvgIpc) is 2.54. The van der Waals surface area contributed by atoms with Gasteiger partial charge in [-0.3, -0.25) is 9.59 Å². The molecule has 1 aliphatic heterocycles. The smallest absolute Gasteiger partial charge is 0.253 e. The van der Waals surface area contributed by atoms with E-state index < -0.39 is 15.9 Å². The van der Waals surface area contributed by atoms with Crippen molar-refractivity contribution in [3.63, 3.8) is 0 Å². The lowest BCUT2D eigenvalue weighted by atomic mass is 9.91. The topological polar surface area (TPSA) is 86.8 Å². The lowest BCUT2D eigenvalue weighted by molar-refractivity contribution is -0.116. The number of benzene rings is 1. The normalized spacial score (nSPS) is 20.6. The van der Waals surface area contributed by atoms with Crippen LogP contribution in [0.5, 0.6) is 0 Å². The largest absolute Gasteiger partial charge is 0.338 e. The Hall–Kier alpha value is -1.93. The zero-order valence-electron chi connectivity index (χ0n) is 16.7. The summed E-state index contributed by atoms with van der Waals surface area (Å²) in [4.78, 5) is 26.9. The number of likely N-dealkylation sites (N-methyl/N-ethyl adjacent to an activating group) is 1. The van der Waals surface area contributed by atoms with Gasteiger partial charge in [-0.05, 0) is 42.9 Å². The number of rotatable bonds is 5. The first kappa shape index (κ1) is 21.4. The van der Waals surface area contributed by atoms with Crippen molar-refractivity contribution in [2.45, 2.75) is 27.2 Å². The van der Waals surface area contributed by atoms with E-state index >= 15 is 0 Å². The van der Waals surface area contributed by atoms with Crippen molar-refractivity contribution in [2.75, 3.05) is 38.3 Å². The number of sulfonamides is 1. The maximum absolute atomic E-state index is 12.9. The molecule has 2 atom stereocenters. The van der Waals surface area contributed by atoms with Crippen LogP contribution in [0.4, 0.5) is 5.69 Å². The Labute approximate surface area is 161 Å². The van der Waals surface area contributed by atoms with Crippen molar-refractivity contribution in [1.29, 1.82) is 0 Å². The van der Waals surface area contributed by atoms with Crippen molar-refractivity contribution in [2.24, 2.45) is 11.8 Å². The molecule has 2 rings (SSSR count). The van der Waals surface area contributed by atoms with E-state index in [9.17, 15) is 18.0 Å². The Morgan fingerprint density at radius 3 is 2.37 bits per heavy atom. The molecule has 1 aliphatic rings. The summed E-state index contributed by atoms with van der Waals surface area (Å²) >= 11 is 0. The Kier molecular flexibility index (Phi) is 6.64. The van der Waals surface area contributed by atoms with Gasteiger partial charge in [-0.2, -0.15) is 4.31 Å². The third-order valence-electron chi connectivity index (χ3n) is 4.85. The minimum Gasteiger partial charge on any atom is -0.338 e. The number of anilines is 1. The Balaban J connectivity index is 2.13. The molecule has 1 heterocycles. The van der Waals surface area contributed by atoms with E-state index in [0.29, 0.717) is 23.1 Å². The zero-order valence-corrected chi connectivity index (χ0v) is 17.5. The van der Waals surface area contributed by atoms with Crippen molar-refractivity contribution >= 4 is 27.5 Å². The average molecular weight is 396 g/mol. The van der Waals surface area contributed by atoms with E-state index in [4.69, 9.17) is 0 Å². The molecule has 1 aromatic carbocycles. The van der Waals surface area contributed by atoms with E-state index in [-0.39, 0.29) is 12.5 Å². The van der Waals surface area contributed by atoms with Gasteiger partial charge < -0.3 is 10.2 Å². The summed E-state index contributed by atoms with van der Waals surface area (Å²) in [5.41, 5.74) is 1.85. The minimum absolute atomic E-state index is 0.0443. The van der Waals surface area contributed by atoms with Gasteiger partial charge in [0, 0.05) is 31.4 Å². The van der Waals surface area contributed by atoms with Crippen LogP contribution in [0, 0.1) is 18.8 Å². The van der Waals surface area contributed by atoms with E-state index in [1.807, 2.05) is 11.8 Å². The molecule has 0 saturated carbocycles. The number of carbonyl (C=O) groups excluding carboxylic acids is 2. The first-order valence-corrected chi connectivity index (χ1v) is 10.9. The molecule has 150 valence electrons. The molecule has 1 N–H and O–H groups in total. The molecule has 0 aromatic heterocycles. The van der Waals surface area contributed by atoms with Gasteiger partial charge in [0.2, 0.25) is 15.9 Å². The van der Waals surface area contributed by atoms with Gasteiger partial charge in [-0.25, -0.2) is 8.42 Å². The lowest BCUT2D eigenvalue weighted by Gasteiger charge is -2.35. The third kappa shape index (κ3) is 5.77. The molecule has 2 unspecified atom stereocenters. The van der Waals surface area contributed by atoms with Crippen LogP contribution in [-0.4, -0.2) is 62.4 Å². The molecule has 0 spiro atoms. The van der Waals surface area contributed by atoms with E-state index in [1.165, 1.54) is 7.05 Å². The van der Waals surface area contributed by atoms with Gasteiger partial charge >= 0.3 is 0 Å². The van der Waals surface area contributed by atoms with Crippen LogP contribution in [-0.2, 0) is 14.8 Å². The maximum Gasteiger partial charge on any atom is 0.253 e. The molecule has 27 heavy (non-hydrogen) atoms. The van der Waals surface area contributed by atoms with E-state index in [2.05, 4.69) is 19.2 Å². The third-order valence-corrected chi connectivity index (χ3v) is 6.11. The first-order chi connectivity index (χ1) is 12.5. The number of hydrogen-bond donors (Lipinski definition) is 1. The van der Waals surface area contributed by atoms with Crippen LogP contribution < -0.4 is 5.32 Å². The molecule has 1 saturated heterocycles. The first-order valence-electron chi connectivity index (χ1n) is 9.08. The second-order valence-corrected chi connectivity index (χ2v) is 9.84. The van der Waals surface area contributed by atoms with E-state index in [0.717, 1.165) is 35.6 Å². The highest BCUT2D eigenvalue weighted by molar-refractivity contribution is 7.88. The molecule has 2 amide bonds. The summed E-state index contributed by atoms with van der Waals surface area (Å²) < 4.78 is 23.9. The second-order valence-electron chi connectivity index (χ2n) is 7.75. The maximum atomic E-state index is 12.9. The highest BCUT2D eigenvalue weighted by atomic mass is 32.2. The molecule has 8 heteroatoms. The monoisotopic (exact) mass is 395 g/mol. The van der Waals surface area contributed by atoms with Gasteiger partial charge in [0.05, 0.1) is 12.8 Å². The second kappa shape index (κ2) is 8.39. The highest BCUT2D eigenvalue weighted by Crippen LogP contribution is 2.24. The van der Waals surface area contributed by atoms with Crippen LogP contribution >= 0.6 is 0 Å². The summed E-state index contributed by atoms with van der Waals surface area (Å²) in [5, 5.41) is 2.71. The zero-order chi connectivity index (χ0) is 20.4. The number of piperidine rings is 1. The fourth-order valence-electron chi connectivity index (χ4n) is 3.41. The van der Waals surface area contributed by atoms with Crippen LogP contribution in [0.1, 0.15) is 36.2 Å². The van der Waals surface area contributed by atoms with Crippen LogP contribution in [0.3, 0.4) is 0 Å². The number of amides is 2. The van der Waals surface area contributed by atoms with Gasteiger partial charge in [0.15, 0.2) is 0 Å². The molecule has 1 aromatic rings. The SMILES string of the molecule is Cc1ccc(C(=O)N2CC(C)CC(C)C2)cc1NC(=O)CN(C)S(C)(=O)=O. The van der Waals surface area contributed by atoms with Gasteiger partial charge in [0.1, 0.15) is 0 Å². The summed E-state index contributed by atoms with van der Waals surface area (Å²) in [6.07, 6.45) is 2.16. The number of aryl methyl sites for hydroxylation is 1. The number of nitrogens with one attached hydrogen (secondary N) is 1. The fraction of sp³-hybridized carbons (Fsp3) is 0.579. The molecular weight excluding hydrogens is 366 g/mol. The van der Waals surface area contributed by atoms with Crippen molar-refractivity contribution in [3.05, 3.63) is 29.3 Å². The standard InChI is InChI=1S/C19H29N3O4S/c1-13-8-14(2)11-22(10-13)19(24)16-7-6-15(3)17(9-16)20-18(23)12-21(4)27(5,25)26/h6-7,9,13-14H,8,10-12H2,1-5H3,(H,20,23). The number of carbonyl (C=O) groups is 2. The Bertz CT molecular complexity index is 812. The molecular formula is C19H29N3O4S. The lowest BCUT2D eigenvalue weighted by Crippen LogP contribution is -2.42. The Morgan fingerprint density at radius 2 is 1.81 bits per heavy atom. The number of likely N-dealkylation sites (tertiary alicyclic amines) is 1. The predicted octanol–water partition coefficient (Wildman–Crippen LogP) is 1.94. The fourth-order valence-corrected chi connectivity index (χ4v) is 3.76. The molecule has 0 aliphatic carbocycles. The summed E-state index contributed by atoms with van der Waals surface area (Å²) in [6.45, 7) is 7.31. The molecule has 1 fully saturated rings. The number of hydrogen-bond acceptors (Lipinski definition) is 4. The van der Waals surface area contributed by atoms with Crippen molar-refractivity contribution in [3.8, 4) is 0 Å². The van der Waals surface area contributed by atoms with Crippen LogP contribution in [0.25, 0.3) is 0 Å². The van der Waals surface area contributed by atoms with E-state index in [1.54, 1.807) is 18.2 Å². The van der Waals surface area contributed by atoms with Gasteiger partial charge in [-0.15, -0.1) is 0 Å². The minimum atomic E-state index is -3.44. The van der Waals surface area contributed by atoms with Crippen molar-refractivity contribution < 1.29 is 18.0 Å². The predicted molar refractivity (Wildman–Crippen MR) is 106 cm³/mol. The molecule has 7 nitrogen and oxygen atoms in total. The van der Waals surface area contributed by atoms with Gasteiger partial charge in [-0.1, -0.05) is 19.9 Å². The van der Waals surface area contributed by atoms with Crippen molar-refractivity contribution in [1.82, 2.24) is 9.21 Å². The summed E-state index contributed by atoms with van der Waals surface area (Å²) in [6, 6.07) is 5.22. The van der Waals surface area contributed by atoms with Gasteiger partial charge in [0.25, 0.3) is 5.91 Å². The quantitative estimate of drug-likeness (QED) is 0.825. The number of nitrogens with zero attached hydrogens (tertiary/aromatic N) is 2. The highest BCUT2D eigenvalue weighted by Gasteiger charge is 2.26. The summed E-state index contributed by atoms with van der Waals surface area (Å²) in [5.74, 6) is 0.440. The Morgan fingerprint density at radius 1 is 1.22 bits per heavy atom. The molecule has 0 bridgehead atoms. The summed E-state index contributed by atoms with van der Waals surface area (Å²) in [7, 11) is -2.09.